The molecule has 1 saturated carbocycles. The Labute approximate surface area is 172 Å². The van der Waals surface area contributed by atoms with Crippen molar-refractivity contribution in [1.82, 2.24) is 3.05 Å². The number of hydrogen-bond donors (Lipinski definition) is 0. The van der Waals surface area contributed by atoms with Crippen molar-refractivity contribution < 1.29 is 25.5 Å². The summed E-state index contributed by atoms with van der Waals surface area (Å²) in [6.45, 7) is 13.8. The standard InChI is InChI=1S/C22H33NOSi.Ti/c1-14-12-15(2)20-16(3)17(4)21(19(20)13-14)25(5,6)23-22(24)18-10-8-7-9-11-18;/h12-13,18,21H,7-11H2,1-6H3,(H,23,24);/q;+1/p-1. The molecule has 0 aliphatic heterocycles. The molecule has 2 aliphatic carbocycles. The predicted octanol–water partition coefficient (Wildman–Crippen LogP) is 5.81. The molecule has 0 heterocycles. The average molecular weight is 402 g/mol. The van der Waals surface area contributed by atoms with Gasteiger partial charge in [0, 0.05) is 0 Å². The summed E-state index contributed by atoms with van der Waals surface area (Å²) in [5.41, 5.74) is 8.95. The van der Waals surface area contributed by atoms with Crippen molar-refractivity contribution in [2.45, 2.75) is 78.4 Å². The molecule has 4 heteroatoms. The molecule has 1 fully saturated rings. The Bertz CT molecular complexity index is 762. The van der Waals surface area contributed by atoms with Crippen LogP contribution < -0.4 is 0 Å². The number of aryl methyl sites for hydroxylation is 2. The van der Waals surface area contributed by atoms with E-state index in [-0.39, 0.29) is 5.92 Å². The van der Waals surface area contributed by atoms with Gasteiger partial charge in [0.1, 0.15) is 0 Å². The number of nitrogens with zero attached hydrogens (tertiary/aromatic N) is 1. The summed E-state index contributed by atoms with van der Waals surface area (Å²) in [5, 5.41) is 0. The maximum absolute atomic E-state index is 13.3. The van der Waals surface area contributed by atoms with Gasteiger partial charge in [0.05, 0.1) is 0 Å². The predicted molar refractivity (Wildman–Crippen MR) is 108 cm³/mol. The minimum atomic E-state index is -2.00. The molecule has 0 radical (unpaired) electrons. The van der Waals surface area contributed by atoms with Gasteiger partial charge >= 0.3 is 173 Å². The van der Waals surface area contributed by atoms with Crippen LogP contribution in [0.4, 0.5) is 0 Å². The molecule has 1 atom stereocenters. The summed E-state index contributed by atoms with van der Waals surface area (Å²) in [5.74, 6) is 0.663. The Hall–Kier alpha value is -0.639. The van der Waals surface area contributed by atoms with Crippen LogP contribution in [0.1, 0.15) is 73.7 Å². The number of hydrogen-bond acceptors (Lipinski definition) is 1. The second-order valence-corrected chi connectivity index (χ2v) is 14.7. The van der Waals surface area contributed by atoms with Crippen LogP contribution in [0.3, 0.4) is 0 Å². The molecule has 1 unspecified atom stereocenters. The molecule has 1 amide bonds. The summed E-state index contributed by atoms with van der Waals surface area (Å²) in [7, 11) is -2.00. The number of amides is 1. The number of carbonyl (C=O) groups excluding carboxylic acids is 1. The van der Waals surface area contributed by atoms with Gasteiger partial charge < -0.3 is 0 Å². The van der Waals surface area contributed by atoms with Crippen LogP contribution in [0.15, 0.2) is 17.7 Å². The summed E-state index contributed by atoms with van der Waals surface area (Å²) in [6, 6.07) is 4.67. The monoisotopic (exact) mass is 402 g/mol. The van der Waals surface area contributed by atoms with Gasteiger partial charge in [-0.15, -0.1) is 0 Å². The number of carbonyl (C=O) groups is 1. The van der Waals surface area contributed by atoms with Crippen molar-refractivity contribution in [3.8, 4) is 0 Å². The Kier molecular flexibility index (Phi) is 5.73. The Morgan fingerprint density at radius 1 is 1.08 bits per heavy atom. The molecule has 0 saturated heterocycles. The van der Waals surface area contributed by atoms with Crippen LogP contribution in [0, 0.1) is 19.8 Å². The van der Waals surface area contributed by atoms with Gasteiger partial charge in [0.25, 0.3) is 0 Å². The molecule has 3 rings (SSSR count). The third-order valence-electron chi connectivity index (χ3n) is 6.68. The van der Waals surface area contributed by atoms with Gasteiger partial charge in [0.2, 0.25) is 0 Å². The van der Waals surface area contributed by atoms with Crippen LogP contribution in [0.5, 0.6) is 0 Å². The number of fused-ring (bicyclic) bond motifs is 1. The fourth-order valence-corrected chi connectivity index (χ4v) is 9.41. The van der Waals surface area contributed by atoms with Crippen molar-refractivity contribution in [3.63, 3.8) is 0 Å². The zero-order valence-electron chi connectivity index (χ0n) is 17.2. The van der Waals surface area contributed by atoms with Crippen molar-refractivity contribution in [3.05, 3.63) is 40.0 Å². The van der Waals surface area contributed by atoms with E-state index in [0.717, 1.165) is 12.8 Å². The molecule has 139 valence electrons. The quantitative estimate of drug-likeness (QED) is 0.585. The SMILES string of the molecule is CC1=C(C)C([Si](C)(C)[N]([Ti])C(=O)C2CCCCC2)c2cc(C)cc(C)c21. The van der Waals surface area contributed by atoms with Gasteiger partial charge in [-0.05, 0) is 0 Å². The first kappa shape index (κ1) is 20.1. The molecule has 0 bridgehead atoms. The van der Waals surface area contributed by atoms with Gasteiger partial charge in [-0.1, -0.05) is 0 Å². The van der Waals surface area contributed by atoms with Gasteiger partial charge in [-0.2, -0.15) is 0 Å². The second kappa shape index (κ2) is 7.41. The number of allylic oxidation sites excluding steroid dienone is 2. The van der Waals surface area contributed by atoms with E-state index in [1.165, 1.54) is 52.7 Å². The molecule has 0 spiro atoms. The topological polar surface area (TPSA) is 20.3 Å². The molecule has 2 aliphatic rings. The van der Waals surface area contributed by atoms with E-state index in [9.17, 15) is 4.79 Å². The number of rotatable bonds is 3. The van der Waals surface area contributed by atoms with Crippen LogP contribution in [0.2, 0.25) is 13.1 Å². The van der Waals surface area contributed by atoms with E-state index in [0.29, 0.717) is 11.4 Å². The molecule has 0 aromatic heterocycles. The van der Waals surface area contributed by atoms with Crippen molar-refractivity contribution in [2.75, 3.05) is 0 Å². The summed E-state index contributed by atoms with van der Waals surface area (Å²) < 4.78 is 2.21. The van der Waals surface area contributed by atoms with Crippen LogP contribution in [0.25, 0.3) is 5.57 Å². The Balaban J connectivity index is 1.98. The molecular formula is C22H32NOSiTi. The summed E-state index contributed by atoms with van der Waals surface area (Å²) >= 11 is 2.09. The van der Waals surface area contributed by atoms with E-state index in [4.69, 9.17) is 0 Å². The van der Waals surface area contributed by atoms with E-state index in [1.807, 2.05) is 0 Å². The Morgan fingerprint density at radius 2 is 1.69 bits per heavy atom. The van der Waals surface area contributed by atoms with Crippen LogP contribution in [-0.2, 0) is 25.5 Å². The van der Waals surface area contributed by atoms with E-state index >= 15 is 0 Å². The molecule has 26 heavy (non-hydrogen) atoms. The first-order chi connectivity index (χ1) is 12.2. The molecule has 1 aromatic rings. The van der Waals surface area contributed by atoms with Gasteiger partial charge in [0.15, 0.2) is 0 Å². The molecular weight excluding hydrogens is 370 g/mol. The fourth-order valence-electron chi connectivity index (χ4n) is 5.24. The first-order valence-electron chi connectivity index (χ1n) is 10.0. The maximum atomic E-state index is 13.3. The third kappa shape index (κ3) is 3.31. The third-order valence-corrected chi connectivity index (χ3v) is 13.3. The molecule has 2 nitrogen and oxygen atoms in total. The van der Waals surface area contributed by atoms with Crippen molar-refractivity contribution in [2.24, 2.45) is 5.92 Å². The van der Waals surface area contributed by atoms with E-state index in [1.54, 1.807) is 0 Å². The van der Waals surface area contributed by atoms with Crippen LogP contribution >= 0.6 is 0 Å². The Morgan fingerprint density at radius 3 is 2.31 bits per heavy atom. The summed E-state index contributed by atoms with van der Waals surface area (Å²) in [6.07, 6.45) is 5.90. The number of benzene rings is 1. The van der Waals surface area contributed by atoms with Gasteiger partial charge in [-0.25, -0.2) is 0 Å². The first-order valence-corrected chi connectivity index (χ1v) is 13.7. The normalized spacial score (nSPS) is 21.0. The second-order valence-electron chi connectivity index (χ2n) is 8.95. The van der Waals surface area contributed by atoms with Crippen LogP contribution in [-0.4, -0.2) is 17.2 Å². The van der Waals surface area contributed by atoms with E-state index < -0.39 is 8.24 Å². The summed E-state index contributed by atoms with van der Waals surface area (Å²) in [4.78, 5) is 13.3. The average Bonchev–Trinajstić information content (AvgIpc) is 2.85. The fraction of sp³-hybridized carbons (Fsp3) is 0.591. The van der Waals surface area contributed by atoms with Crippen molar-refractivity contribution in [1.29, 1.82) is 0 Å². The molecule has 1 aromatic carbocycles. The van der Waals surface area contributed by atoms with E-state index in [2.05, 4.69) is 76.7 Å². The minimum absolute atomic E-state index is 0.256. The zero-order valence-corrected chi connectivity index (χ0v) is 19.8. The van der Waals surface area contributed by atoms with Gasteiger partial charge in [-0.3, -0.25) is 0 Å². The van der Waals surface area contributed by atoms with Crippen molar-refractivity contribution >= 4 is 19.7 Å². The molecule has 0 N–H and O–H groups in total. The zero-order chi connectivity index (χ0) is 19.2.